The van der Waals surface area contributed by atoms with Crippen molar-refractivity contribution in [1.29, 1.82) is 0 Å². The van der Waals surface area contributed by atoms with Gasteiger partial charge in [-0.15, -0.1) is 0 Å². The fraction of sp³-hybridized carbons (Fsp3) is 0.120. The fourth-order valence-electron chi connectivity index (χ4n) is 3.42. The Bertz CT molecular complexity index is 1440. The van der Waals surface area contributed by atoms with E-state index in [9.17, 15) is 32.9 Å². The molecule has 0 bridgehead atoms. The molecule has 0 aliphatic carbocycles. The molecular weight excluding hydrogens is 577 g/mol. The summed E-state index contributed by atoms with van der Waals surface area (Å²) >= 11 is 4.03. The standard InChI is InChI=1S/C25H16BrF3N2O5S/c1-14-2-4-15(5-3-14)13-30-23(32)22(37-24(30)33)11-16-10-18(26)7-9-20(16)36-21-8-6-17(25(27,28)29)12-19(21)31(34)35/h2-12H,13H2,1H3/b22-11-. The predicted octanol–water partition coefficient (Wildman–Crippen LogP) is 7.71. The van der Waals surface area contributed by atoms with Crippen LogP contribution in [0.3, 0.4) is 0 Å². The lowest BCUT2D eigenvalue weighted by atomic mass is 10.1. The van der Waals surface area contributed by atoms with E-state index in [-0.39, 0.29) is 22.8 Å². The molecule has 37 heavy (non-hydrogen) atoms. The van der Waals surface area contributed by atoms with E-state index in [4.69, 9.17) is 4.74 Å². The summed E-state index contributed by atoms with van der Waals surface area (Å²) in [6.07, 6.45) is -3.37. The highest BCUT2D eigenvalue weighted by Gasteiger charge is 2.36. The van der Waals surface area contributed by atoms with Gasteiger partial charge in [-0.3, -0.25) is 24.6 Å². The summed E-state index contributed by atoms with van der Waals surface area (Å²) in [4.78, 5) is 37.2. The summed E-state index contributed by atoms with van der Waals surface area (Å²) in [6, 6.07) is 13.9. The average molecular weight is 593 g/mol. The molecule has 0 aromatic heterocycles. The zero-order valence-corrected chi connectivity index (χ0v) is 21.3. The van der Waals surface area contributed by atoms with Gasteiger partial charge >= 0.3 is 11.9 Å². The lowest BCUT2D eigenvalue weighted by Gasteiger charge is -2.13. The average Bonchev–Trinajstić information content (AvgIpc) is 3.08. The molecule has 3 aromatic carbocycles. The van der Waals surface area contributed by atoms with Gasteiger partial charge in [0, 0.05) is 16.1 Å². The summed E-state index contributed by atoms with van der Waals surface area (Å²) in [5, 5.41) is 11.0. The van der Waals surface area contributed by atoms with Crippen LogP contribution in [0.1, 0.15) is 22.3 Å². The molecular formula is C25H16BrF3N2O5S. The zero-order chi connectivity index (χ0) is 26.9. The van der Waals surface area contributed by atoms with E-state index in [1.807, 2.05) is 31.2 Å². The SMILES string of the molecule is Cc1ccc(CN2C(=O)S/C(=C\c3cc(Br)ccc3Oc3ccc(C(F)(F)F)cc3[N+](=O)[O-])C2=O)cc1. The van der Waals surface area contributed by atoms with Gasteiger partial charge in [0.15, 0.2) is 0 Å². The van der Waals surface area contributed by atoms with Crippen LogP contribution in [0.4, 0.5) is 23.7 Å². The summed E-state index contributed by atoms with van der Waals surface area (Å²) in [5.41, 5.74) is 0.0276. The smallest absolute Gasteiger partial charge is 0.416 e. The number of aryl methyl sites for hydroxylation is 1. The maximum Gasteiger partial charge on any atom is 0.416 e. The van der Waals surface area contributed by atoms with Crippen LogP contribution in [0.25, 0.3) is 6.08 Å². The Balaban J connectivity index is 1.65. The van der Waals surface area contributed by atoms with Crippen LogP contribution in [-0.4, -0.2) is 21.0 Å². The van der Waals surface area contributed by atoms with Crippen LogP contribution < -0.4 is 4.74 Å². The van der Waals surface area contributed by atoms with Gasteiger partial charge in [0.2, 0.25) is 5.75 Å². The minimum atomic E-state index is -4.77. The molecule has 0 atom stereocenters. The molecule has 190 valence electrons. The largest absolute Gasteiger partial charge is 0.449 e. The van der Waals surface area contributed by atoms with Crippen LogP contribution in [0.2, 0.25) is 0 Å². The van der Waals surface area contributed by atoms with Crippen LogP contribution in [0.15, 0.2) is 70.0 Å². The Morgan fingerprint density at radius 2 is 1.73 bits per heavy atom. The van der Waals surface area contributed by atoms with Crippen LogP contribution in [0, 0.1) is 17.0 Å². The van der Waals surface area contributed by atoms with E-state index in [2.05, 4.69) is 15.9 Å². The molecule has 0 radical (unpaired) electrons. The Morgan fingerprint density at radius 3 is 2.38 bits per heavy atom. The van der Waals surface area contributed by atoms with Crippen molar-refractivity contribution >= 4 is 50.6 Å². The van der Waals surface area contributed by atoms with Gasteiger partial charge in [-0.1, -0.05) is 45.8 Å². The van der Waals surface area contributed by atoms with E-state index in [0.717, 1.165) is 33.9 Å². The number of hydrogen-bond donors (Lipinski definition) is 0. The number of hydrogen-bond acceptors (Lipinski definition) is 6. The number of alkyl halides is 3. The van der Waals surface area contributed by atoms with Gasteiger partial charge in [0.1, 0.15) is 5.75 Å². The Morgan fingerprint density at radius 1 is 1.05 bits per heavy atom. The normalized spacial score (nSPS) is 14.9. The lowest BCUT2D eigenvalue weighted by Crippen LogP contribution is -2.27. The molecule has 1 aliphatic rings. The molecule has 4 rings (SSSR count). The molecule has 12 heteroatoms. The molecule has 0 spiro atoms. The first-order valence-corrected chi connectivity index (χ1v) is 12.2. The third-order valence-corrected chi connectivity index (χ3v) is 6.70. The monoisotopic (exact) mass is 592 g/mol. The highest BCUT2D eigenvalue weighted by molar-refractivity contribution is 9.10. The third kappa shape index (κ3) is 6.03. The zero-order valence-electron chi connectivity index (χ0n) is 18.9. The van der Waals surface area contributed by atoms with E-state index >= 15 is 0 Å². The Labute approximate surface area is 221 Å². The van der Waals surface area contributed by atoms with E-state index in [0.29, 0.717) is 16.6 Å². The first-order chi connectivity index (χ1) is 17.4. The minimum absolute atomic E-state index is 0.0383. The highest BCUT2D eigenvalue weighted by atomic mass is 79.9. The van der Waals surface area contributed by atoms with Gasteiger partial charge in [-0.2, -0.15) is 13.2 Å². The second-order valence-electron chi connectivity index (χ2n) is 7.98. The highest BCUT2D eigenvalue weighted by Crippen LogP contribution is 2.40. The van der Waals surface area contributed by atoms with Crippen molar-refractivity contribution in [2.24, 2.45) is 0 Å². The number of thioether (sulfide) groups is 1. The number of nitro benzene ring substituents is 1. The van der Waals surface area contributed by atoms with E-state index < -0.39 is 39.2 Å². The number of halogens is 4. The molecule has 7 nitrogen and oxygen atoms in total. The number of rotatable bonds is 6. The molecule has 1 aliphatic heterocycles. The van der Waals surface area contributed by atoms with Crippen molar-refractivity contribution in [3.05, 3.63) is 102 Å². The van der Waals surface area contributed by atoms with Gasteiger partial charge < -0.3 is 4.74 Å². The predicted molar refractivity (Wildman–Crippen MR) is 135 cm³/mol. The molecule has 3 aromatic rings. The molecule has 1 heterocycles. The number of nitro groups is 1. The minimum Gasteiger partial charge on any atom is -0.449 e. The third-order valence-electron chi connectivity index (χ3n) is 5.30. The second kappa shape index (κ2) is 10.4. The molecule has 1 fully saturated rings. The molecule has 0 saturated carbocycles. The maximum atomic E-state index is 13.0. The van der Waals surface area contributed by atoms with Crippen molar-refractivity contribution in [3.8, 4) is 11.5 Å². The van der Waals surface area contributed by atoms with Crippen molar-refractivity contribution in [3.63, 3.8) is 0 Å². The Hall–Kier alpha value is -3.64. The molecule has 2 amide bonds. The number of benzene rings is 3. The summed E-state index contributed by atoms with van der Waals surface area (Å²) in [7, 11) is 0. The van der Waals surface area contributed by atoms with Crippen molar-refractivity contribution < 1.29 is 32.4 Å². The quantitative estimate of drug-likeness (QED) is 0.165. The number of carbonyl (C=O) groups excluding carboxylic acids is 2. The van der Waals surface area contributed by atoms with Gasteiger partial charge in [0.05, 0.1) is 21.9 Å². The number of carbonyl (C=O) groups is 2. The summed E-state index contributed by atoms with van der Waals surface area (Å²) in [6.45, 7) is 2.01. The first-order valence-electron chi connectivity index (χ1n) is 10.6. The van der Waals surface area contributed by atoms with Crippen LogP contribution in [0.5, 0.6) is 11.5 Å². The lowest BCUT2D eigenvalue weighted by molar-refractivity contribution is -0.385. The van der Waals surface area contributed by atoms with Crippen LogP contribution in [-0.2, 0) is 17.5 Å². The first kappa shape index (κ1) is 26.4. The van der Waals surface area contributed by atoms with Gasteiger partial charge in [0.25, 0.3) is 11.1 Å². The number of amides is 2. The summed E-state index contributed by atoms with van der Waals surface area (Å²) in [5.74, 6) is -0.902. The van der Waals surface area contributed by atoms with Crippen molar-refractivity contribution in [2.75, 3.05) is 0 Å². The number of imide groups is 1. The molecule has 0 N–H and O–H groups in total. The molecule has 1 saturated heterocycles. The topological polar surface area (TPSA) is 89.8 Å². The molecule has 0 unspecified atom stereocenters. The van der Waals surface area contributed by atoms with E-state index in [1.54, 1.807) is 12.1 Å². The Kier molecular flexibility index (Phi) is 7.42. The van der Waals surface area contributed by atoms with Crippen molar-refractivity contribution in [2.45, 2.75) is 19.6 Å². The van der Waals surface area contributed by atoms with Gasteiger partial charge in [-0.05, 0) is 60.7 Å². The summed E-state index contributed by atoms with van der Waals surface area (Å²) < 4.78 is 45.3. The second-order valence-corrected chi connectivity index (χ2v) is 9.88. The maximum absolute atomic E-state index is 13.0. The van der Waals surface area contributed by atoms with Gasteiger partial charge in [-0.25, -0.2) is 0 Å². The van der Waals surface area contributed by atoms with Crippen LogP contribution >= 0.6 is 27.7 Å². The number of nitrogens with zero attached hydrogens (tertiary/aromatic N) is 2. The van der Waals surface area contributed by atoms with E-state index in [1.165, 1.54) is 12.1 Å². The fourth-order valence-corrected chi connectivity index (χ4v) is 4.63. The van der Waals surface area contributed by atoms with Crippen molar-refractivity contribution in [1.82, 2.24) is 4.90 Å². The number of ether oxygens (including phenoxy) is 1.